The predicted molar refractivity (Wildman–Crippen MR) is 86.6 cm³/mol. The first-order chi connectivity index (χ1) is 10.5. The zero-order chi connectivity index (χ0) is 17.5. The molecule has 0 saturated heterocycles. The molecule has 0 spiro atoms. The number of carboxylic acid groups (broad SMARTS) is 1. The van der Waals surface area contributed by atoms with Crippen LogP contribution < -0.4 is 10.9 Å². The molecule has 0 aliphatic heterocycles. The molecular formula is C15H17N3O4S. The van der Waals surface area contributed by atoms with Gasteiger partial charge in [0.1, 0.15) is 0 Å². The minimum absolute atomic E-state index is 0.00824. The van der Waals surface area contributed by atoms with Gasteiger partial charge in [-0.15, -0.1) is 0 Å². The highest BCUT2D eigenvalue weighted by molar-refractivity contribution is 7.89. The van der Waals surface area contributed by atoms with E-state index in [0.29, 0.717) is 16.8 Å². The van der Waals surface area contributed by atoms with Crippen molar-refractivity contribution in [2.75, 3.05) is 5.73 Å². The average molecular weight is 335 g/mol. The molecule has 7 nitrogen and oxygen atoms in total. The molecule has 5 N–H and O–H groups in total. The van der Waals surface area contributed by atoms with Gasteiger partial charge >= 0.3 is 5.97 Å². The first-order valence-electron chi connectivity index (χ1n) is 6.67. The summed E-state index contributed by atoms with van der Waals surface area (Å²) in [5.74, 6) is -1.25. The maximum Gasteiger partial charge on any atom is 0.356 e. The molecule has 1 aromatic heterocycles. The molecule has 0 fully saturated rings. The summed E-state index contributed by atoms with van der Waals surface area (Å²) in [5, 5.41) is 14.4. The fourth-order valence-corrected chi connectivity index (χ4v) is 3.23. The van der Waals surface area contributed by atoms with Gasteiger partial charge in [0, 0.05) is 5.56 Å². The van der Waals surface area contributed by atoms with E-state index in [1.807, 2.05) is 6.92 Å². The molecule has 0 atom stereocenters. The van der Waals surface area contributed by atoms with Crippen LogP contribution in [0.1, 0.15) is 27.2 Å². The lowest BCUT2D eigenvalue weighted by Crippen LogP contribution is -2.15. The maximum absolute atomic E-state index is 11.8. The Labute approximate surface area is 134 Å². The predicted octanol–water partition coefficient (Wildman–Crippen LogP) is 1.60. The number of nitrogens with zero attached hydrogens (tertiary/aromatic N) is 1. The Bertz CT molecular complexity index is 921. The summed E-state index contributed by atoms with van der Waals surface area (Å²) >= 11 is 0. The van der Waals surface area contributed by atoms with Crippen LogP contribution in [0.2, 0.25) is 0 Å². The number of sulfonamides is 1. The molecule has 23 heavy (non-hydrogen) atoms. The number of aromatic nitrogens is 1. The summed E-state index contributed by atoms with van der Waals surface area (Å²) in [6.07, 6.45) is 0. The van der Waals surface area contributed by atoms with Crippen molar-refractivity contribution in [1.29, 1.82) is 0 Å². The molecule has 1 aromatic carbocycles. The molecule has 1 heterocycles. The number of hydrogen-bond acceptors (Lipinski definition) is 5. The first kappa shape index (κ1) is 16.9. The highest BCUT2D eigenvalue weighted by atomic mass is 32.2. The van der Waals surface area contributed by atoms with Crippen molar-refractivity contribution in [2.45, 2.75) is 25.7 Å². The van der Waals surface area contributed by atoms with Gasteiger partial charge in [-0.2, -0.15) is 0 Å². The summed E-state index contributed by atoms with van der Waals surface area (Å²) in [5.41, 5.74) is 8.28. The smallest absolute Gasteiger partial charge is 0.356 e. The molecule has 0 bridgehead atoms. The minimum Gasteiger partial charge on any atom is -0.476 e. The zero-order valence-electron chi connectivity index (χ0n) is 12.9. The normalized spacial score (nSPS) is 11.5. The SMILES string of the molecule is Cc1c(-c2ccc(N)c(C(=O)O)n2)cc(S(N)(=O)=O)c(C)c1C. The van der Waals surface area contributed by atoms with Crippen molar-refractivity contribution < 1.29 is 18.3 Å². The number of hydrogen-bond donors (Lipinski definition) is 3. The Balaban J connectivity index is 2.82. The molecular weight excluding hydrogens is 318 g/mol. The Morgan fingerprint density at radius 2 is 1.74 bits per heavy atom. The van der Waals surface area contributed by atoms with Gasteiger partial charge in [0.2, 0.25) is 10.0 Å². The van der Waals surface area contributed by atoms with Gasteiger partial charge in [0.05, 0.1) is 16.3 Å². The Morgan fingerprint density at radius 1 is 1.13 bits per heavy atom. The summed E-state index contributed by atoms with van der Waals surface area (Å²) in [4.78, 5) is 15.2. The second-order valence-corrected chi connectivity index (χ2v) is 6.81. The number of pyridine rings is 1. The number of primary sulfonamides is 1. The number of rotatable bonds is 3. The first-order valence-corrected chi connectivity index (χ1v) is 8.22. The van der Waals surface area contributed by atoms with Crippen molar-refractivity contribution in [3.8, 4) is 11.3 Å². The Hall–Kier alpha value is -2.45. The molecule has 122 valence electrons. The second-order valence-electron chi connectivity index (χ2n) is 5.28. The van der Waals surface area contributed by atoms with E-state index < -0.39 is 16.0 Å². The second kappa shape index (κ2) is 5.64. The van der Waals surface area contributed by atoms with Gasteiger partial charge in [0.25, 0.3) is 0 Å². The maximum atomic E-state index is 11.8. The lowest BCUT2D eigenvalue weighted by Gasteiger charge is -2.15. The number of benzene rings is 1. The average Bonchev–Trinajstić information content (AvgIpc) is 2.44. The number of carboxylic acids is 1. The van der Waals surface area contributed by atoms with Crippen LogP contribution in [0.25, 0.3) is 11.3 Å². The molecule has 2 rings (SSSR count). The molecule has 0 radical (unpaired) electrons. The van der Waals surface area contributed by atoms with Gasteiger partial charge in [-0.05, 0) is 55.7 Å². The summed E-state index contributed by atoms with van der Waals surface area (Å²) < 4.78 is 23.5. The van der Waals surface area contributed by atoms with Crippen LogP contribution in [-0.4, -0.2) is 24.5 Å². The molecule has 0 unspecified atom stereocenters. The van der Waals surface area contributed by atoms with Crippen molar-refractivity contribution in [2.24, 2.45) is 5.14 Å². The van der Waals surface area contributed by atoms with Crippen molar-refractivity contribution >= 4 is 21.7 Å². The van der Waals surface area contributed by atoms with Crippen LogP contribution in [-0.2, 0) is 10.0 Å². The van der Waals surface area contributed by atoms with E-state index in [1.165, 1.54) is 12.1 Å². The van der Waals surface area contributed by atoms with Crippen molar-refractivity contribution in [3.63, 3.8) is 0 Å². The molecule has 0 saturated carbocycles. The summed E-state index contributed by atoms with van der Waals surface area (Å²) in [6, 6.07) is 4.39. The Kier molecular flexibility index (Phi) is 4.14. The third-order valence-electron chi connectivity index (χ3n) is 3.89. The van der Waals surface area contributed by atoms with E-state index in [4.69, 9.17) is 16.0 Å². The standard InChI is InChI=1S/C15H17N3O4S/c1-7-8(2)10(6-13(9(7)3)23(17,21)22)12-5-4-11(16)14(18-12)15(19)20/h4-6H,16H2,1-3H3,(H,19,20)(H2,17,21,22). The molecule has 8 heteroatoms. The van der Waals surface area contributed by atoms with Crippen LogP contribution in [0, 0.1) is 20.8 Å². The van der Waals surface area contributed by atoms with Gasteiger partial charge in [0.15, 0.2) is 5.69 Å². The van der Waals surface area contributed by atoms with Gasteiger partial charge in [-0.25, -0.2) is 23.3 Å². The van der Waals surface area contributed by atoms with Crippen LogP contribution in [0.3, 0.4) is 0 Å². The van der Waals surface area contributed by atoms with Crippen LogP contribution in [0.5, 0.6) is 0 Å². The topological polar surface area (TPSA) is 136 Å². The van der Waals surface area contributed by atoms with Crippen molar-refractivity contribution in [3.05, 3.63) is 40.6 Å². The molecule has 2 aromatic rings. The van der Waals surface area contributed by atoms with E-state index in [-0.39, 0.29) is 16.3 Å². The highest BCUT2D eigenvalue weighted by Gasteiger charge is 2.20. The largest absolute Gasteiger partial charge is 0.476 e. The Morgan fingerprint density at radius 3 is 2.26 bits per heavy atom. The van der Waals surface area contributed by atoms with E-state index >= 15 is 0 Å². The van der Waals surface area contributed by atoms with Crippen molar-refractivity contribution in [1.82, 2.24) is 4.98 Å². The zero-order valence-corrected chi connectivity index (χ0v) is 13.7. The highest BCUT2D eigenvalue weighted by Crippen LogP contribution is 2.31. The quantitative estimate of drug-likeness (QED) is 0.779. The fourth-order valence-electron chi connectivity index (χ4n) is 2.37. The van der Waals surface area contributed by atoms with Crippen LogP contribution in [0.15, 0.2) is 23.1 Å². The van der Waals surface area contributed by atoms with Gasteiger partial charge < -0.3 is 10.8 Å². The summed E-state index contributed by atoms with van der Waals surface area (Å²) in [6.45, 7) is 5.26. The number of aromatic carboxylic acids is 1. The number of anilines is 1. The summed E-state index contributed by atoms with van der Waals surface area (Å²) in [7, 11) is -3.91. The molecule has 0 aliphatic carbocycles. The third kappa shape index (κ3) is 3.03. The molecule has 0 amide bonds. The van der Waals surface area contributed by atoms with E-state index in [9.17, 15) is 13.2 Å². The van der Waals surface area contributed by atoms with E-state index in [2.05, 4.69) is 4.98 Å². The van der Waals surface area contributed by atoms with Gasteiger partial charge in [-0.1, -0.05) is 0 Å². The van der Waals surface area contributed by atoms with Crippen LogP contribution >= 0.6 is 0 Å². The van der Waals surface area contributed by atoms with E-state index in [0.717, 1.165) is 11.1 Å². The monoisotopic (exact) mass is 335 g/mol. The van der Waals surface area contributed by atoms with E-state index in [1.54, 1.807) is 19.9 Å². The van der Waals surface area contributed by atoms with Crippen LogP contribution in [0.4, 0.5) is 5.69 Å². The lowest BCUT2D eigenvalue weighted by molar-refractivity contribution is 0.0692. The number of carbonyl (C=O) groups is 1. The number of nitrogen functional groups attached to an aromatic ring is 1. The molecule has 0 aliphatic rings. The third-order valence-corrected chi connectivity index (χ3v) is 4.92. The number of nitrogens with two attached hydrogens (primary N) is 2. The lowest BCUT2D eigenvalue weighted by atomic mass is 9.96. The van der Waals surface area contributed by atoms with Gasteiger partial charge in [-0.3, -0.25) is 0 Å². The fraction of sp³-hybridized carbons (Fsp3) is 0.200. The minimum atomic E-state index is -3.91.